The van der Waals surface area contributed by atoms with Gasteiger partial charge in [0.2, 0.25) is 5.95 Å². The number of benzene rings is 2. The van der Waals surface area contributed by atoms with Crippen molar-refractivity contribution in [1.29, 1.82) is 0 Å². The summed E-state index contributed by atoms with van der Waals surface area (Å²) in [6.07, 6.45) is 1.76. The fourth-order valence-electron chi connectivity index (χ4n) is 3.09. The van der Waals surface area contributed by atoms with Crippen molar-refractivity contribution < 1.29 is 4.39 Å². The fraction of sp³-hybridized carbons (Fsp3) is 0.200. The highest BCUT2D eigenvalue weighted by molar-refractivity contribution is 6.30. The molecule has 0 saturated carbocycles. The predicted octanol–water partition coefficient (Wildman–Crippen LogP) is 4.34. The average Bonchev–Trinajstić information content (AvgIpc) is 2.71. The van der Waals surface area contributed by atoms with Gasteiger partial charge in [0.15, 0.2) is 0 Å². The van der Waals surface area contributed by atoms with Crippen LogP contribution in [0.15, 0.2) is 60.8 Å². The van der Waals surface area contributed by atoms with E-state index in [1.54, 1.807) is 6.20 Å². The van der Waals surface area contributed by atoms with Crippen molar-refractivity contribution in [3.8, 4) is 0 Å². The molecule has 138 valence electrons. The van der Waals surface area contributed by atoms with E-state index in [4.69, 9.17) is 11.6 Å². The molecule has 1 saturated heterocycles. The molecule has 5 nitrogen and oxygen atoms in total. The second-order valence-electron chi connectivity index (χ2n) is 6.32. The fourth-order valence-corrected chi connectivity index (χ4v) is 3.22. The standard InChI is InChI=1S/C20H19ClFN5/c21-15-1-5-17(6-2-15)24-20-23-10-9-19(25-20)27-13-11-26(12-14-27)18-7-3-16(22)4-8-18/h1-10H,11-14H2,(H,23,24,25). The minimum absolute atomic E-state index is 0.209. The van der Waals surface area contributed by atoms with Crippen LogP contribution in [0.1, 0.15) is 0 Å². The first-order valence-electron chi connectivity index (χ1n) is 8.78. The first-order chi connectivity index (χ1) is 13.2. The van der Waals surface area contributed by atoms with E-state index in [2.05, 4.69) is 25.1 Å². The van der Waals surface area contributed by atoms with E-state index < -0.39 is 0 Å². The van der Waals surface area contributed by atoms with E-state index in [0.29, 0.717) is 11.0 Å². The topological polar surface area (TPSA) is 44.3 Å². The van der Waals surface area contributed by atoms with Gasteiger partial charge in [-0.25, -0.2) is 9.37 Å². The zero-order valence-corrected chi connectivity index (χ0v) is 15.4. The third-order valence-corrected chi connectivity index (χ3v) is 4.79. The minimum atomic E-state index is -0.209. The molecule has 1 aromatic heterocycles. The lowest BCUT2D eigenvalue weighted by Crippen LogP contribution is -2.46. The molecule has 0 atom stereocenters. The van der Waals surface area contributed by atoms with Crippen LogP contribution in [-0.4, -0.2) is 36.1 Å². The molecule has 1 fully saturated rings. The Bertz CT molecular complexity index is 893. The van der Waals surface area contributed by atoms with Crippen molar-refractivity contribution >= 4 is 34.7 Å². The molecule has 0 spiro atoms. The molecular weight excluding hydrogens is 365 g/mol. The van der Waals surface area contributed by atoms with E-state index in [1.807, 2.05) is 42.5 Å². The van der Waals surface area contributed by atoms with Crippen molar-refractivity contribution in [2.24, 2.45) is 0 Å². The zero-order valence-electron chi connectivity index (χ0n) is 14.6. The van der Waals surface area contributed by atoms with Crippen LogP contribution < -0.4 is 15.1 Å². The molecule has 4 rings (SSSR count). The summed E-state index contributed by atoms with van der Waals surface area (Å²) in [6.45, 7) is 3.40. The minimum Gasteiger partial charge on any atom is -0.368 e. The summed E-state index contributed by atoms with van der Waals surface area (Å²) in [4.78, 5) is 13.4. The van der Waals surface area contributed by atoms with Crippen molar-refractivity contribution in [2.75, 3.05) is 41.3 Å². The average molecular weight is 384 g/mol. The number of hydrogen-bond donors (Lipinski definition) is 1. The first-order valence-corrected chi connectivity index (χ1v) is 9.16. The molecule has 3 aromatic rings. The van der Waals surface area contributed by atoms with Crippen molar-refractivity contribution in [3.63, 3.8) is 0 Å². The molecule has 0 bridgehead atoms. The largest absolute Gasteiger partial charge is 0.368 e. The van der Waals surface area contributed by atoms with Crippen LogP contribution >= 0.6 is 11.6 Å². The highest BCUT2D eigenvalue weighted by Crippen LogP contribution is 2.21. The second kappa shape index (κ2) is 7.80. The molecule has 1 aliphatic heterocycles. The normalized spacial score (nSPS) is 14.3. The lowest BCUT2D eigenvalue weighted by Gasteiger charge is -2.36. The number of nitrogens with one attached hydrogen (secondary N) is 1. The van der Waals surface area contributed by atoms with Gasteiger partial charge in [-0.1, -0.05) is 11.6 Å². The summed E-state index contributed by atoms with van der Waals surface area (Å²) in [5.41, 5.74) is 1.93. The Morgan fingerprint density at radius 2 is 1.52 bits per heavy atom. The molecule has 1 N–H and O–H groups in total. The molecule has 0 radical (unpaired) electrons. The van der Waals surface area contributed by atoms with Crippen LogP contribution in [-0.2, 0) is 0 Å². The summed E-state index contributed by atoms with van der Waals surface area (Å²) in [7, 11) is 0. The molecule has 0 unspecified atom stereocenters. The van der Waals surface area contributed by atoms with Gasteiger partial charge in [0.1, 0.15) is 11.6 Å². The summed E-state index contributed by atoms with van der Waals surface area (Å²) in [5.74, 6) is 1.23. The number of rotatable bonds is 4. The number of hydrogen-bond acceptors (Lipinski definition) is 5. The lowest BCUT2D eigenvalue weighted by atomic mass is 10.2. The van der Waals surface area contributed by atoms with Crippen LogP contribution in [0.4, 0.5) is 27.5 Å². The smallest absolute Gasteiger partial charge is 0.229 e. The Morgan fingerprint density at radius 3 is 2.22 bits per heavy atom. The number of nitrogens with zero attached hydrogens (tertiary/aromatic N) is 4. The quantitative estimate of drug-likeness (QED) is 0.726. The molecule has 0 aliphatic carbocycles. The van der Waals surface area contributed by atoms with Crippen LogP contribution in [0, 0.1) is 5.82 Å². The van der Waals surface area contributed by atoms with Crippen molar-refractivity contribution in [3.05, 3.63) is 71.6 Å². The van der Waals surface area contributed by atoms with Crippen LogP contribution in [0.5, 0.6) is 0 Å². The number of piperazine rings is 1. The second-order valence-corrected chi connectivity index (χ2v) is 6.76. The van der Waals surface area contributed by atoms with Gasteiger partial charge in [-0.2, -0.15) is 4.98 Å². The van der Waals surface area contributed by atoms with Gasteiger partial charge in [0, 0.05) is 48.8 Å². The molecule has 1 aliphatic rings. The van der Waals surface area contributed by atoms with E-state index in [-0.39, 0.29) is 5.82 Å². The monoisotopic (exact) mass is 383 g/mol. The first kappa shape index (κ1) is 17.5. The third-order valence-electron chi connectivity index (χ3n) is 4.54. The van der Waals surface area contributed by atoms with Gasteiger partial charge in [-0.3, -0.25) is 0 Å². The van der Waals surface area contributed by atoms with E-state index in [1.165, 1.54) is 12.1 Å². The Labute approximate surface area is 162 Å². The van der Waals surface area contributed by atoms with Gasteiger partial charge < -0.3 is 15.1 Å². The highest BCUT2D eigenvalue weighted by Gasteiger charge is 2.18. The van der Waals surface area contributed by atoms with E-state index in [0.717, 1.165) is 43.4 Å². The van der Waals surface area contributed by atoms with Crippen LogP contribution in [0.2, 0.25) is 5.02 Å². The summed E-state index contributed by atoms with van der Waals surface area (Å²) in [6, 6.07) is 16.0. The van der Waals surface area contributed by atoms with Crippen molar-refractivity contribution in [2.45, 2.75) is 0 Å². The zero-order chi connectivity index (χ0) is 18.6. The van der Waals surface area contributed by atoms with Crippen LogP contribution in [0.3, 0.4) is 0 Å². The highest BCUT2D eigenvalue weighted by atomic mass is 35.5. The van der Waals surface area contributed by atoms with Gasteiger partial charge >= 0.3 is 0 Å². The molecule has 27 heavy (non-hydrogen) atoms. The SMILES string of the molecule is Fc1ccc(N2CCN(c3ccnc(Nc4ccc(Cl)cc4)n3)CC2)cc1. The van der Waals surface area contributed by atoms with Crippen LogP contribution in [0.25, 0.3) is 0 Å². The van der Waals surface area contributed by atoms with Gasteiger partial charge in [0.25, 0.3) is 0 Å². The molecule has 2 heterocycles. The van der Waals surface area contributed by atoms with Crippen molar-refractivity contribution in [1.82, 2.24) is 9.97 Å². The maximum atomic E-state index is 13.1. The molecule has 0 amide bonds. The summed E-state index contributed by atoms with van der Waals surface area (Å²) < 4.78 is 13.1. The molecule has 7 heteroatoms. The van der Waals surface area contributed by atoms with Gasteiger partial charge in [0.05, 0.1) is 0 Å². The van der Waals surface area contributed by atoms with E-state index in [9.17, 15) is 4.39 Å². The number of aromatic nitrogens is 2. The number of anilines is 4. The lowest BCUT2D eigenvalue weighted by molar-refractivity contribution is 0.624. The Kier molecular flexibility index (Phi) is 5.07. The third kappa shape index (κ3) is 4.28. The maximum absolute atomic E-state index is 13.1. The maximum Gasteiger partial charge on any atom is 0.229 e. The van der Waals surface area contributed by atoms with Gasteiger partial charge in [-0.15, -0.1) is 0 Å². The predicted molar refractivity (Wildman–Crippen MR) is 108 cm³/mol. The summed E-state index contributed by atoms with van der Waals surface area (Å²) in [5, 5.41) is 3.89. The Balaban J connectivity index is 1.41. The number of halogens is 2. The van der Waals surface area contributed by atoms with E-state index >= 15 is 0 Å². The molecule has 2 aromatic carbocycles. The Hall–Kier alpha value is -2.86. The Morgan fingerprint density at radius 1 is 0.852 bits per heavy atom. The summed E-state index contributed by atoms with van der Waals surface area (Å²) >= 11 is 5.92. The van der Waals surface area contributed by atoms with Gasteiger partial charge in [-0.05, 0) is 54.6 Å². The molecular formula is C20H19ClFN5.